The normalized spacial score (nSPS) is 11.6. The molecule has 0 radical (unpaired) electrons. The summed E-state index contributed by atoms with van der Waals surface area (Å²) in [4.78, 5) is 118. The molecule has 0 saturated carbocycles. The van der Waals surface area contributed by atoms with Gasteiger partial charge in [-0.05, 0) is 60.7 Å². The lowest BCUT2D eigenvalue weighted by Crippen LogP contribution is -2.25. The topological polar surface area (TPSA) is 494 Å². The lowest BCUT2D eigenvalue weighted by Gasteiger charge is -2.22. The lowest BCUT2D eigenvalue weighted by atomic mass is 9.94. The van der Waals surface area contributed by atoms with Crippen molar-refractivity contribution in [2.75, 3.05) is 66.1 Å². The number of aliphatic carboxylic acids is 10. The first-order valence-electron chi connectivity index (χ1n) is 29.4. The number of hydrogen-bond acceptors (Lipinski definition) is 30. The molecule has 10 bridgehead atoms. The first-order chi connectivity index (χ1) is 45.3. The molecule has 0 heterocycles. The molecule has 15 rings (SSSR count). The van der Waals surface area contributed by atoms with Crippen LogP contribution in [0.15, 0.2) is 60.7 Å². The summed E-state index contributed by atoms with van der Waals surface area (Å²) in [6.07, 6.45) is -8.60. The van der Waals surface area contributed by atoms with Crippen LogP contribution in [0.2, 0.25) is 0 Å². The van der Waals surface area contributed by atoms with Gasteiger partial charge >= 0.3 is 0 Å². The van der Waals surface area contributed by atoms with Gasteiger partial charge in [-0.2, -0.15) is 0 Å². The molecule has 10 aliphatic rings. The summed E-state index contributed by atoms with van der Waals surface area (Å²) in [5.74, 6) is -16.3. The van der Waals surface area contributed by atoms with Gasteiger partial charge in [0.25, 0.3) is 0 Å². The minimum atomic E-state index is -1.54. The molecule has 0 spiro atoms. The van der Waals surface area contributed by atoms with Crippen LogP contribution >= 0.6 is 0 Å². The van der Waals surface area contributed by atoms with Gasteiger partial charge in [0.15, 0.2) is 0 Å². The second-order valence-electron chi connectivity index (χ2n) is 20.9. The Morgan fingerprint density at radius 2 is 0.274 bits per heavy atom. The number of carboxylic acids is 10. The third-order valence-electron chi connectivity index (χ3n) is 13.8. The summed E-state index contributed by atoms with van der Waals surface area (Å²) in [6, 6.07) is 13.7. The van der Waals surface area contributed by atoms with Crippen LogP contribution in [-0.4, -0.2) is 126 Å². The molecule has 0 atom stereocenters. The van der Waals surface area contributed by atoms with Crippen LogP contribution in [0.3, 0.4) is 0 Å². The van der Waals surface area contributed by atoms with Gasteiger partial charge in [-0.1, -0.05) is 0 Å². The smallest absolute Gasteiger partial charge is 0.123 e. The molecule has 0 aliphatic heterocycles. The maximum Gasteiger partial charge on any atom is 0.123 e. The van der Waals surface area contributed by atoms with E-state index in [1.807, 2.05) is 0 Å². The molecule has 5 aromatic rings. The first kappa shape index (κ1) is 72.9. The zero-order valence-electron chi connectivity index (χ0n) is 50.7. The number of hydrogen-bond donors (Lipinski definition) is 0. The molecule has 0 fully saturated rings. The van der Waals surface area contributed by atoms with Crippen molar-refractivity contribution in [1.82, 2.24) is 0 Å². The minimum absolute atomic E-state index is 0.0957. The summed E-state index contributed by atoms with van der Waals surface area (Å²) in [6.45, 7) is -5.53. The molecule has 0 N–H and O–H groups in total. The minimum Gasteiger partial charge on any atom is -0.550 e. The Hall–Kier alpha value is -11.2. The van der Waals surface area contributed by atoms with Crippen LogP contribution < -0.4 is 98.4 Å². The Bertz CT molecular complexity index is 2850. The highest BCUT2D eigenvalue weighted by atomic mass is 16.5. The molecule has 0 unspecified atom stereocenters. The van der Waals surface area contributed by atoms with Gasteiger partial charge in [-0.3, -0.25) is 0 Å². The van der Waals surface area contributed by atoms with E-state index in [-0.39, 0.29) is 145 Å². The summed E-state index contributed by atoms with van der Waals surface area (Å²) < 4.78 is 61.1. The standard InChI is InChI=1S/C65H70O30/c66-56(67)1-11-86-46-26-37-22-39-29-51(91-16-6-61(76)77)41(31-50(39)90-15-5-60(74)75)24-43-33-55(95-20-10-65(84)85)45(35-54(43)94-19-9-64(82)83)25-44-34-52(92-17-7-62(78)79)42(32-53(44)93-18-8-63(80)81)23-40-30-48(88-13-3-58(70)71)38(28-49(40)89-14-4-59(72)73)21-36(46)27-47(37)87-12-2-57(68)69/h26-35H,1-25H2,(H,66,67)(H,68,69)(H,70,71)(H,72,73)(H,74,75)(H,76,77)(H,78,79)(H,80,81)(H,82,83)(H,84,85)/p-10. The van der Waals surface area contributed by atoms with Gasteiger partial charge in [0.2, 0.25) is 0 Å². The maximum absolute atomic E-state index is 11.8. The van der Waals surface area contributed by atoms with Gasteiger partial charge in [-0.25, -0.2) is 0 Å². The molecule has 30 nitrogen and oxygen atoms in total. The van der Waals surface area contributed by atoms with Crippen molar-refractivity contribution in [3.05, 3.63) is 116 Å². The lowest BCUT2D eigenvalue weighted by molar-refractivity contribution is -0.307. The Kier molecular flexibility index (Phi) is 27.7. The van der Waals surface area contributed by atoms with Crippen LogP contribution in [0.1, 0.15) is 120 Å². The van der Waals surface area contributed by atoms with Gasteiger partial charge < -0.3 is 146 Å². The Morgan fingerprint density at radius 1 is 0.189 bits per heavy atom. The molecule has 0 saturated heterocycles. The maximum atomic E-state index is 11.8. The quantitative estimate of drug-likeness (QED) is 0.0345. The molecule has 95 heavy (non-hydrogen) atoms. The summed E-state index contributed by atoms with van der Waals surface area (Å²) in [7, 11) is 0. The third-order valence-corrected chi connectivity index (χ3v) is 13.8. The zero-order valence-corrected chi connectivity index (χ0v) is 50.7. The second kappa shape index (κ2) is 36.1. The van der Waals surface area contributed by atoms with Crippen molar-refractivity contribution in [1.29, 1.82) is 0 Å². The highest BCUT2D eigenvalue weighted by Gasteiger charge is 2.26. The highest BCUT2D eigenvalue weighted by Crippen LogP contribution is 2.43. The number of carbonyl (C=O) groups excluding carboxylic acids is 10. The van der Waals surface area contributed by atoms with E-state index in [9.17, 15) is 99.0 Å². The summed E-state index contributed by atoms with van der Waals surface area (Å²) >= 11 is 0. The van der Waals surface area contributed by atoms with Crippen LogP contribution in [0.4, 0.5) is 0 Å². The fraction of sp³-hybridized carbons (Fsp3) is 0.385. The molecule has 0 aromatic heterocycles. The number of carbonyl (C=O) groups is 10. The Balaban J connectivity index is 1.81. The van der Waals surface area contributed by atoms with Gasteiger partial charge in [0.1, 0.15) is 57.5 Å². The predicted octanol–water partition coefficient (Wildman–Crippen LogP) is -6.86. The van der Waals surface area contributed by atoms with E-state index in [0.717, 1.165) is 0 Å². The molecular formula is C65H60O30-10. The van der Waals surface area contributed by atoms with Crippen molar-refractivity contribution in [3.8, 4) is 57.5 Å². The van der Waals surface area contributed by atoms with Crippen molar-refractivity contribution < 1.29 is 146 Å². The summed E-state index contributed by atoms with van der Waals surface area (Å²) in [5, 5.41) is 118. The monoisotopic (exact) mass is 1320 g/mol. The van der Waals surface area contributed by atoms with E-state index in [2.05, 4.69) is 0 Å². The van der Waals surface area contributed by atoms with E-state index in [1.165, 1.54) is 60.7 Å². The van der Waals surface area contributed by atoms with E-state index in [0.29, 0.717) is 0 Å². The van der Waals surface area contributed by atoms with E-state index in [4.69, 9.17) is 47.4 Å². The molecule has 10 aliphatic carbocycles. The Labute approximate surface area is 540 Å². The van der Waals surface area contributed by atoms with Crippen molar-refractivity contribution >= 4 is 59.7 Å². The molecule has 30 heteroatoms. The van der Waals surface area contributed by atoms with Gasteiger partial charge in [0.05, 0.1) is 66.1 Å². The number of ether oxygens (including phenoxy) is 10. The van der Waals surface area contributed by atoms with Crippen LogP contribution in [0.5, 0.6) is 57.5 Å². The van der Waals surface area contributed by atoms with E-state index < -0.39 is 190 Å². The third kappa shape index (κ3) is 24.4. The van der Waals surface area contributed by atoms with Crippen LogP contribution in [0.25, 0.3) is 0 Å². The Morgan fingerprint density at radius 3 is 0.347 bits per heavy atom. The second-order valence-corrected chi connectivity index (χ2v) is 20.9. The zero-order chi connectivity index (χ0) is 69.1. The van der Waals surface area contributed by atoms with Crippen LogP contribution in [0, 0.1) is 0 Å². The van der Waals surface area contributed by atoms with Crippen molar-refractivity contribution in [2.24, 2.45) is 0 Å². The predicted molar refractivity (Wildman–Crippen MR) is 297 cm³/mol. The fourth-order valence-corrected chi connectivity index (χ4v) is 9.41. The highest BCUT2D eigenvalue weighted by molar-refractivity contribution is 5.69. The number of rotatable bonds is 40. The number of carboxylic acid groups (broad SMARTS) is 10. The fourth-order valence-electron chi connectivity index (χ4n) is 9.41. The van der Waals surface area contributed by atoms with E-state index in [1.54, 1.807) is 0 Å². The van der Waals surface area contributed by atoms with Gasteiger partial charge in [0, 0.05) is 212 Å². The van der Waals surface area contributed by atoms with Gasteiger partial charge in [-0.15, -0.1) is 0 Å². The van der Waals surface area contributed by atoms with E-state index >= 15 is 0 Å². The SMILES string of the molecule is O=C([O-])CCOc1cc2c(OCCC(=O)[O-])cc1Cc1cc(OCCC(=O)[O-])c(cc1OCCC(=O)[O-])Cc1cc(OCCC(=O)[O-])c(cc1OCCC(=O)[O-])Cc1cc(OCCC(=O)[O-])c(cc1OCCC(=O)[O-])Cc1cc(OCCC(=O)[O-])c(cc1OCCC(=O)[O-])C2. The summed E-state index contributed by atoms with van der Waals surface area (Å²) in [5.41, 5.74) is 1.21. The average Bonchev–Trinajstić information content (AvgIpc) is 1.10. The largest absolute Gasteiger partial charge is 0.550 e. The average molecular weight is 1320 g/mol. The number of benzene rings is 5. The van der Waals surface area contributed by atoms with Crippen molar-refractivity contribution in [3.63, 3.8) is 0 Å². The molecule has 510 valence electrons. The van der Waals surface area contributed by atoms with Crippen molar-refractivity contribution in [2.45, 2.75) is 96.3 Å². The first-order valence-corrected chi connectivity index (χ1v) is 29.4. The molecule has 0 amide bonds. The molecular weight excluding hydrogens is 1260 g/mol. The molecule has 5 aromatic carbocycles. The van der Waals surface area contributed by atoms with Crippen LogP contribution in [-0.2, 0) is 80.0 Å².